The van der Waals surface area contributed by atoms with Crippen LogP contribution >= 0.6 is 7.60 Å². The molecule has 0 saturated heterocycles. The summed E-state index contributed by atoms with van der Waals surface area (Å²) in [5, 5.41) is 6.89. The summed E-state index contributed by atoms with van der Waals surface area (Å²) in [5.41, 5.74) is 1.58. The number of rotatable bonds is 11. The van der Waals surface area contributed by atoms with Crippen molar-refractivity contribution in [3.63, 3.8) is 0 Å². The highest BCUT2D eigenvalue weighted by Crippen LogP contribution is 2.61. The molecule has 2 heterocycles. The van der Waals surface area contributed by atoms with E-state index in [0.29, 0.717) is 31.1 Å². The normalized spacial score (nSPS) is 18.1. The highest BCUT2D eigenvalue weighted by molar-refractivity contribution is 7.53. The average molecular weight is 719 g/mol. The van der Waals surface area contributed by atoms with Crippen molar-refractivity contribution in [2.24, 2.45) is 5.92 Å². The van der Waals surface area contributed by atoms with Gasteiger partial charge >= 0.3 is 13.8 Å². The summed E-state index contributed by atoms with van der Waals surface area (Å²) < 4.78 is 60.8. The summed E-state index contributed by atoms with van der Waals surface area (Å²) in [6.45, 7) is 3.66. The highest BCUT2D eigenvalue weighted by Gasteiger charge is 2.46. The summed E-state index contributed by atoms with van der Waals surface area (Å²) in [6.07, 6.45) is -0.997. The quantitative estimate of drug-likeness (QED) is 0.133. The molecule has 2 aliphatic rings. The van der Waals surface area contributed by atoms with Gasteiger partial charge in [0.1, 0.15) is 17.1 Å². The predicted molar refractivity (Wildman–Crippen MR) is 182 cm³/mol. The Morgan fingerprint density at radius 2 is 1.72 bits per heavy atom. The second kappa shape index (κ2) is 14.2. The van der Waals surface area contributed by atoms with Crippen molar-refractivity contribution in [3.05, 3.63) is 64.3 Å². The van der Waals surface area contributed by atoms with E-state index in [1.807, 2.05) is 6.07 Å². The van der Waals surface area contributed by atoms with E-state index < -0.39 is 30.3 Å². The van der Waals surface area contributed by atoms with Crippen molar-refractivity contribution in [2.45, 2.75) is 76.2 Å². The van der Waals surface area contributed by atoms with Crippen LogP contribution in [0.15, 0.2) is 36.5 Å². The lowest BCUT2D eigenvalue weighted by Crippen LogP contribution is -2.30. The van der Waals surface area contributed by atoms with Crippen LogP contribution in [0.3, 0.4) is 0 Å². The third-order valence-electron chi connectivity index (χ3n) is 10.1. The number of halogens is 3. The summed E-state index contributed by atoms with van der Waals surface area (Å²) >= 11 is 0. The van der Waals surface area contributed by atoms with Gasteiger partial charge in [-0.05, 0) is 79.3 Å². The Hall–Kier alpha value is -4.20. The molecule has 1 aliphatic heterocycles. The zero-order valence-corrected chi connectivity index (χ0v) is 29.4. The number of nitrogens with one attached hydrogen (secondary N) is 3. The zero-order chi connectivity index (χ0) is 36.6. The Bertz CT molecular complexity index is 1820. The number of carbonyl (C=O) groups excluding carboxylic acids is 2. The van der Waals surface area contributed by atoms with Gasteiger partial charge in [0.2, 0.25) is 11.9 Å². The fraction of sp³-hybridized carbons (Fsp3) is 0.471. The van der Waals surface area contributed by atoms with E-state index in [1.165, 1.54) is 30.2 Å². The Morgan fingerprint density at radius 1 is 1.06 bits per heavy atom. The van der Waals surface area contributed by atoms with Crippen LogP contribution in [0, 0.1) is 5.92 Å². The van der Waals surface area contributed by atoms with Gasteiger partial charge < -0.3 is 35.4 Å². The monoisotopic (exact) mass is 718 g/mol. The van der Waals surface area contributed by atoms with Crippen LogP contribution in [0.4, 0.5) is 36.3 Å². The van der Waals surface area contributed by atoms with Gasteiger partial charge in [-0.2, -0.15) is 18.2 Å². The molecule has 0 spiro atoms. The lowest BCUT2D eigenvalue weighted by atomic mass is 9.76. The number of hydrogen-bond donors (Lipinski definition) is 5. The van der Waals surface area contributed by atoms with Crippen LogP contribution in [0.2, 0.25) is 0 Å². The fourth-order valence-electron chi connectivity index (χ4n) is 7.25. The van der Waals surface area contributed by atoms with Gasteiger partial charge in [-0.1, -0.05) is 26.0 Å². The molecular weight excluding hydrogens is 676 g/mol. The maximum absolute atomic E-state index is 14.3. The molecule has 3 aromatic rings. The van der Waals surface area contributed by atoms with Crippen molar-refractivity contribution >= 4 is 42.6 Å². The molecule has 5 rings (SSSR count). The molecule has 0 atom stereocenters. The summed E-state index contributed by atoms with van der Waals surface area (Å²) in [7, 11) is 0.0124. The van der Waals surface area contributed by atoms with Gasteiger partial charge in [0.25, 0.3) is 5.91 Å². The molecule has 2 amide bonds. The molecule has 1 aromatic heterocycles. The van der Waals surface area contributed by atoms with Crippen molar-refractivity contribution in [2.75, 3.05) is 31.8 Å². The zero-order valence-electron chi connectivity index (χ0n) is 28.5. The number of alkyl halides is 3. The van der Waals surface area contributed by atoms with Gasteiger partial charge in [0.05, 0.1) is 29.2 Å². The lowest BCUT2D eigenvalue weighted by molar-refractivity contribution is -0.137. The number of methoxy groups -OCH3 is 1. The van der Waals surface area contributed by atoms with Crippen LogP contribution in [-0.4, -0.2) is 57.7 Å². The lowest BCUT2D eigenvalue weighted by Gasteiger charge is -2.33. The number of hydrogen-bond acceptors (Lipinski definition) is 8. The molecular formula is C34H42F3N6O6P. The molecule has 1 saturated carbocycles. The molecule has 12 nitrogen and oxygen atoms in total. The molecule has 2 aromatic carbocycles. The first-order valence-electron chi connectivity index (χ1n) is 16.4. The standard InChI is InChI=1S/C34H42F3N6O6P/c1-6-33(7-2,50(46,47)48)21-12-14-25(27(16-21)49-5)41-32-39-17-24(34(35,36)37)29(42-32)40-26-15-13-22(23-18-43(4)31(45)28(23)26)19-8-10-20(11-9-19)30(44)38-3/h12-17,19-20H,6-11,18H2,1-5H3,(H,38,44)(H2,46,47,48)(H2,39,40,41,42)/t19-,20+. The Kier molecular flexibility index (Phi) is 10.5. The van der Waals surface area contributed by atoms with E-state index in [4.69, 9.17) is 4.74 Å². The van der Waals surface area contributed by atoms with Crippen LogP contribution in [0.1, 0.15) is 90.9 Å². The maximum Gasteiger partial charge on any atom is 0.421 e. The number of ether oxygens (including phenoxy) is 1. The number of aromatic nitrogens is 2. The minimum Gasteiger partial charge on any atom is -0.495 e. The molecule has 16 heteroatoms. The van der Waals surface area contributed by atoms with Crippen molar-refractivity contribution < 1.29 is 41.8 Å². The van der Waals surface area contributed by atoms with E-state index in [-0.39, 0.29) is 65.1 Å². The van der Waals surface area contributed by atoms with Gasteiger partial charge in [-0.25, -0.2) is 4.98 Å². The van der Waals surface area contributed by atoms with E-state index in [2.05, 4.69) is 25.9 Å². The molecule has 1 aliphatic carbocycles. The molecule has 50 heavy (non-hydrogen) atoms. The first-order chi connectivity index (χ1) is 23.6. The molecule has 0 radical (unpaired) electrons. The molecule has 0 unspecified atom stereocenters. The molecule has 1 fully saturated rings. The van der Waals surface area contributed by atoms with Crippen molar-refractivity contribution in [3.8, 4) is 5.75 Å². The summed E-state index contributed by atoms with van der Waals surface area (Å²) in [4.78, 5) is 55.5. The molecule has 270 valence electrons. The van der Waals surface area contributed by atoms with Gasteiger partial charge in [-0.15, -0.1) is 0 Å². The number of amides is 2. The van der Waals surface area contributed by atoms with Crippen molar-refractivity contribution in [1.29, 1.82) is 0 Å². The first-order valence-corrected chi connectivity index (χ1v) is 18.0. The average Bonchev–Trinajstić information content (AvgIpc) is 3.38. The van der Waals surface area contributed by atoms with Crippen LogP contribution in [0.25, 0.3) is 0 Å². The predicted octanol–water partition coefficient (Wildman–Crippen LogP) is 6.79. The highest BCUT2D eigenvalue weighted by atomic mass is 31.2. The van der Waals surface area contributed by atoms with Crippen LogP contribution in [0.5, 0.6) is 5.75 Å². The Morgan fingerprint density at radius 3 is 2.30 bits per heavy atom. The van der Waals surface area contributed by atoms with E-state index in [9.17, 15) is 37.1 Å². The number of nitrogens with zero attached hydrogens (tertiary/aromatic N) is 3. The molecule has 5 N–H and O–H groups in total. The third kappa shape index (κ3) is 6.90. The number of carbonyl (C=O) groups is 2. The Labute approximate surface area is 288 Å². The number of anilines is 4. The van der Waals surface area contributed by atoms with E-state index in [0.717, 1.165) is 24.0 Å². The number of benzene rings is 2. The van der Waals surface area contributed by atoms with Crippen LogP contribution < -0.4 is 20.7 Å². The van der Waals surface area contributed by atoms with Gasteiger partial charge in [0, 0.05) is 32.8 Å². The van der Waals surface area contributed by atoms with Gasteiger partial charge in [0.15, 0.2) is 0 Å². The second-order valence-electron chi connectivity index (χ2n) is 12.8. The molecule has 0 bridgehead atoms. The van der Waals surface area contributed by atoms with Crippen molar-refractivity contribution in [1.82, 2.24) is 20.2 Å². The van der Waals surface area contributed by atoms with Gasteiger partial charge in [-0.3, -0.25) is 14.2 Å². The minimum absolute atomic E-state index is 0.00712. The summed E-state index contributed by atoms with van der Waals surface area (Å²) in [6, 6.07) is 7.94. The smallest absolute Gasteiger partial charge is 0.421 e. The van der Waals surface area contributed by atoms with E-state index in [1.54, 1.807) is 34.0 Å². The second-order valence-corrected chi connectivity index (χ2v) is 14.7. The third-order valence-corrected chi connectivity index (χ3v) is 12.2. The maximum atomic E-state index is 14.3. The fourth-order valence-corrected chi connectivity index (χ4v) is 8.55. The topological polar surface area (TPSA) is 166 Å². The first kappa shape index (κ1) is 37.1. The number of fused-ring (bicyclic) bond motifs is 1. The SMILES string of the molecule is CCC(CC)(c1ccc(Nc2ncc(C(F)(F)F)c(Nc3ccc([C@H]4CC[C@@H](C(=O)NC)CC4)c4c3C(=O)N(C)C4)n2)c(OC)c1)P(=O)(O)O. The van der Waals surface area contributed by atoms with Crippen LogP contribution in [-0.2, 0) is 27.2 Å². The summed E-state index contributed by atoms with van der Waals surface area (Å²) in [5.74, 6) is -0.926. The largest absolute Gasteiger partial charge is 0.495 e. The van der Waals surface area contributed by atoms with E-state index >= 15 is 0 Å². The Balaban J connectivity index is 1.49. The minimum atomic E-state index is -4.83.